The predicted molar refractivity (Wildman–Crippen MR) is 81.2 cm³/mol. The topological polar surface area (TPSA) is 20.2 Å². The van der Waals surface area contributed by atoms with E-state index in [0.717, 1.165) is 11.1 Å². The van der Waals surface area contributed by atoms with Crippen molar-refractivity contribution >= 4 is 0 Å². The van der Waals surface area contributed by atoms with E-state index in [1.54, 1.807) is 6.92 Å². The summed E-state index contributed by atoms with van der Waals surface area (Å²) in [5.41, 5.74) is 4.79. The average Bonchev–Trinajstić information content (AvgIpc) is 2.38. The molecule has 0 spiro atoms. The summed E-state index contributed by atoms with van der Waals surface area (Å²) in [6.07, 6.45) is -0.425. The van der Waals surface area contributed by atoms with Gasteiger partial charge in [-0.15, -0.1) is 0 Å². The molecule has 0 radical (unpaired) electrons. The second-order valence-corrected chi connectivity index (χ2v) is 6.13. The van der Waals surface area contributed by atoms with Crippen molar-refractivity contribution in [3.63, 3.8) is 0 Å². The highest BCUT2D eigenvalue weighted by Crippen LogP contribution is 2.28. The van der Waals surface area contributed by atoms with Gasteiger partial charge < -0.3 is 5.11 Å². The van der Waals surface area contributed by atoms with Crippen LogP contribution in [0.15, 0.2) is 48.5 Å². The molecule has 2 rings (SSSR count). The number of aliphatic hydroxyl groups is 1. The minimum Gasteiger partial charge on any atom is -0.389 e. The van der Waals surface area contributed by atoms with E-state index in [9.17, 15) is 5.11 Å². The molecule has 0 heterocycles. The third-order valence-corrected chi connectivity index (χ3v) is 3.43. The zero-order valence-electron chi connectivity index (χ0n) is 12.1. The Morgan fingerprint density at radius 2 is 1.47 bits per heavy atom. The van der Waals surface area contributed by atoms with E-state index in [0.29, 0.717) is 0 Å². The Bertz CT molecular complexity index is 562. The molecule has 0 amide bonds. The number of benzene rings is 2. The average molecular weight is 254 g/mol. The zero-order chi connectivity index (χ0) is 14.0. The standard InChI is InChI=1S/C18H22O/c1-13(19)14-7-5-8-15(11-14)16-9-6-10-17(12-16)18(2,3)4/h5-13,19H,1-4H3. The summed E-state index contributed by atoms with van der Waals surface area (Å²) < 4.78 is 0. The van der Waals surface area contributed by atoms with E-state index >= 15 is 0 Å². The van der Waals surface area contributed by atoms with E-state index in [-0.39, 0.29) is 5.41 Å². The molecular formula is C18H22O. The molecule has 1 unspecified atom stereocenters. The first kappa shape index (κ1) is 13.8. The van der Waals surface area contributed by atoms with Crippen molar-refractivity contribution in [2.45, 2.75) is 39.2 Å². The summed E-state index contributed by atoms with van der Waals surface area (Å²) in [7, 11) is 0. The van der Waals surface area contributed by atoms with Crippen LogP contribution >= 0.6 is 0 Å². The summed E-state index contributed by atoms with van der Waals surface area (Å²) in [6.45, 7) is 8.46. The minimum atomic E-state index is -0.425. The Balaban J connectivity index is 2.45. The van der Waals surface area contributed by atoms with Gasteiger partial charge >= 0.3 is 0 Å². The lowest BCUT2D eigenvalue weighted by atomic mass is 9.85. The Hall–Kier alpha value is -1.60. The molecule has 100 valence electrons. The lowest BCUT2D eigenvalue weighted by Crippen LogP contribution is -2.10. The second-order valence-electron chi connectivity index (χ2n) is 6.13. The molecule has 0 bridgehead atoms. The van der Waals surface area contributed by atoms with Crippen LogP contribution in [0.5, 0.6) is 0 Å². The van der Waals surface area contributed by atoms with Crippen molar-refractivity contribution in [3.05, 3.63) is 59.7 Å². The molecule has 0 aliphatic carbocycles. The van der Waals surface area contributed by atoms with Gasteiger partial charge in [0.05, 0.1) is 6.10 Å². The van der Waals surface area contributed by atoms with Crippen molar-refractivity contribution in [1.29, 1.82) is 0 Å². The van der Waals surface area contributed by atoms with Gasteiger partial charge in [0.25, 0.3) is 0 Å². The first-order chi connectivity index (χ1) is 8.88. The van der Waals surface area contributed by atoms with Gasteiger partial charge in [-0.1, -0.05) is 63.2 Å². The van der Waals surface area contributed by atoms with Gasteiger partial charge in [-0.2, -0.15) is 0 Å². The normalized spacial score (nSPS) is 13.3. The Kier molecular flexibility index (Phi) is 3.77. The molecule has 0 fully saturated rings. The van der Waals surface area contributed by atoms with Gasteiger partial charge in [-0.25, -0.2) is 0 Å². The number of hydrogen-bond acceptors (Lipinski definition) is 1. The van der Waals surface area contributed by atoms with Crippen molar-refractivity contribution < 1.29 is 5.11 Å². The van der Waals surface area contributed by atoms with Crippen LogP contribution in [0, 0.1) is 0 Å². The highest BCUT2D eigenvalue weighted by atomic mass is 16.3. The lowest BCUT2D eigenvalue weighted by molar-refractivity contribution is 0.199. The summed E-state index contributed by atoms with van der Waals surface area (Å²) in [4.78, 5) is 0. The van der Waals surface area contributed by atoms with Crippen molar-refractivity contribution in [1.82, 2.24) is 0 Å². The molecule has 0 aliphatic heterocycles. The molecular weight excluding hydrogens is 232 g/mol. The SMILES string of the molecule is CC(O)c1cccc(-c2cccc(C(C)(C)C)c2)c1. The highest BCUT2D eigenvalue weighted by Gasteiger charge is 2.14. The molecule has 0 saturated heterocycles. The van der Waals surface area contributed by atoms with Gasteiger partial charge in [0.2, 0.25) is 0 Å². The second kappa shape index (κ2) is 5.18. The summed E-state index contributed by atoms with van der Waals surface area (Å²) in [5, 5.41) is 9.68. The Labute approximate surface area is 115 Å². The van der Waals surface area contributed by atoms with Gasteiger partial charge in [0.15, 0.2) is 0 Å². The van der Waals surface area contributed by atoms with Crippen LogP contribution in [0.4, 0.5) is 0 Å². The van der Waals surface area contributed by atoms with Gasteiger partial charge in [-0.3, -0.25) is 0 Å². The maximum absolute atomic E-state index is 9.68. The summed E-state index contributed by atoms with van der Waals surface area (Å²) in [5.74, 6) is 0. The third kappa shape index (κ3) is 3.24. The zero-order valence-corrected chi connectivity index (χ0v) is 12.1. The van der Waals surface area contributed by atoms with Crippen LogP contribution in [-0.2, 0) is 5.41 Å². The fraction of sp³-hybridized carbons (Fsp3) is 0.333. The van der Waals surface area contributed by atoms with Gasteiger partial charge in [-0.05, 0) is 40.7 Å². The first-order valence-corrected chi connectivity index (χ1v) is 6.77. The molecule has 19 heavy (non-hydrogen) atoms. The Morgan fingerprint density at radius 1 is 0.895 bits per heavy atom. The van der Waals surface area contributed by atoms with Crippen LogP contribution < -0.4 is 0 Å². The van der Waals surface area contributed by atoms with Crippen molar-refractivity contribution in [2.24, 2.45) is 0 Å². The first-order valence-electron chi connectivity index (χ1n) is 6.77. The molecule has 1 N–H and O–H groups in total. The maximum Gasteiger partial charge on any atom is 0.0762 e. The highest BCUT2D eigenvalue weighted by molar-refractivity contribution is 5.65. The van der Waals surface area contributed by atoms with Crippen LogP contribution in [0.25, 0.3) is 11.1 Å². The molecule has 0 aliphatic rings. The lowest BCUT2D eigenvalue weighted by Gasteiger charge is -2.20. The van der Waals surface area contributed by atoms with E-state index in [4.69, 9.17) is 0 Å². The van der Waals surface area contributed by atoms with Crippen LogP contribution in [0.2, 0.25) is 0 Å². The monoisotopic (exact) mass is 254 g/mol. The summed E-state index contributed by atoms with van der Waals surface area (Å²) >= 11 is 0. The molecule has 0 saturated carbocycles. The number of hydrogen-bond donors (Lipinski definition) is 1. The van der Waals surface area contributed by atoms with Crippen molar-refractivity contribution in [2.75, 3.05) is 0 Å². The fourth-order valence-corrected chi connectivity index (χ4v) is 2.14. The molecule has 1 heteroatoms. The van der Waals surface area contributed by atoms with Gasteiger partial charge in [0, 0.05) is 0 Å². The van der Waals surface area contributed by atoms with Gasteiger partial charge in [0.1, 0.15) is 0 Å². The fourth-order valence-electron chi connectivity index (χ4n) is 2.14. The van der Waals surface area contributed by atoms with E-state index < -0.39 is 6.10 Å². The summed E-state index contributed by atoms with van der Waals surface area (Å²) in [6, 6.07) is 16.7. The quantitative estimate of drug-likeness (QED) is 0.823. The van der Waals surface area contributed by atoms with Crippen LogP contribution in [0.3, 0.4) is 0 Å². The number of aliphatic hydroxyl groups excluding tert-OH is 1. The van der Waals surface area contributed by atoms with E-state index in [2.05, 4.69) is 57.2 Å². The minimum absolute atomic E-state index is 0.151. The smallest absolute Gasteiger partial charge is 0.0762 e. The molecule has 2 aromatic carbocycles. The van der Waals surface area contributed by atoms with E-state index in [1.165, 1.54) is 11.1 Å². The van der Waals surface area contributed by atoms with Crippen LogP contribution in [0.1, 0.15) is 44.9 Å². The molecule has 0 aromatic heterocycles. The number of rotatable bonds is 2. The van der Waals surface area contributed by atoms with Crippen LogP contribution in [-0.4, -0.2) is 5.11 Å². The predicted octanol–water partition coefficient (Wildman–Crippen LogP) is 4.70. The molecule has 1 atom stereocenters. The molecule has 1 nitrogen and oxygen atoms in total. The Morgan fingerprint density at radius 3 is 2.05 bits per heavy atom. The maximum atomic E-state index is 9.68. The largest absolute Gasteiger partial charge is 0.389 e. The third-order valence-electron chi connectivity index (χ3n) is 3.43. The molecule has 2 aromatic rings. The van der Waals surface area contributed by atoms with E-state index in [1.807, 2.05) is 12.1 Å². The van der Waals surface area contributed by atoms with Crippen molar-refractivity contribution in [3.8, 4) is 11.1 Å².